The van der Waals surface area contributed by atoms with Gasteiger partial charge in [0.2, 0.25) is 5.79 Å². The summed E-state index contributed by atoms with van der Waals surface area (Å²) in [5.74, 6) is -4.40. The number of rotatable bonds is 22. The van der Waals surface area contributed by atoms with E-state index in [1.807, 2.05) is 0 Å². The van der Waals surface area contributed by atoms with Gasteiger partial charge in [0.15, 0.2) is 12.4 Å². The van der Waals surface area contributed by atoms with Gasteiger partial charge in [-0.1, -0.05) is 124 Å². The number of unbranched alkanes of at least 4 members (excludes halogenated alkanes) is 10. The number of hydrogen-bond acceptors (Lipinski definition) is 15. The lowest BCUT2D eigenvalue weighted by atomic mass is 9.98. The maximum Gasteiger partial charge on any atom is 0.309 e. The molecule has 3 aliphatic heterocycles. The first-order chi connectivity index (χ1) is 28.0. The Labute approximate surface area is 365 Å². The van der Waals surface area contributed by atoms with E-state index in [-0.39, 0.29) is 0 Å². The second-order valence-corrected chi connectivity index (χ2v) is 19.0. The van der Waals surface area contributed by atoms with Crippen LogP contribution >= 0.6 is 46.8 Å². The molecule has 0 bridgehead atoms. The Morgan fingerprint density at radius 2 is 1.37 bits per heavy atom. The summed E-state index contributed by atoms with van der Waals surface area (Å²) in [4.78, 5) is 36.6. The number of halogens is 3. The highest BCUT2D eigenvalue weighted by atomic mass is 35.6. The summed E-state index contributed by atoms with van der Waals surface area (Å²) >= 11 is 17.2. The quantitative estimate of drug-likeness (QED) is 0.0209. The van der Waals surface area contributed by atoms with Gasteiger partial charge in [0.25, 0.3) is 14.9 Å². The zero-order chi connectivity index (χ0) is 43.8. The van der Waals surface area contributed by atoms with E-state index in [1.54, 1.807) is 31.2 Å². The molecular formula is C40H60Cl3NO14S. The van der Waals surface area contributed by atoms with Crippen molar-refractivity contribution in [2.24, 2.45) is 5.92 Å². The molecule has 1 aromatic rings. The third-order valence-electron chi connectivity index (χ3n) is 10.3. The minimum Gasteiger partial charge on any atom is -0.453 e. The van der Waals surface area contributed by atoms with Crippen molar-refractivity contribution in [1.82, 2.24) is 4.31 Å². The average molecular weight is 917 g/mol. The number of benzene rings is 1. The van der Waals surface area contributed by atoms with Crippen molar-refractivity contribution in [3.05, 3.63) is 47.5 Å². The van der Waals surface area contributed by atoms with E-state index in [0.29, 0.717) is 29.5 Å². The second-order valence-electron chi connectivity index (χ2n) is 14.9. The number of allylic oxidation sites excluding steroid dienone is 2. The number of imide groups is 1. The Hall–Kier alpha value is -1.61. The number of amides is 2. The molecule has 2 amide bonds. The van der Waals surface area contributed by atoms with Gasteiger partial charge in [-0.15, -0.1) is 0 Å². The fraction of sp³-hybridized carbons (Fsp3) is 0.725. The molecule has 10 atom stereocenters. The summed E-state index contributed by atoms with van der Waals surface area (Å²) < 4.78 is 21.2. The van der Waals surface area contributed by atoms with Gasteiger partial charge >= 0.3 is 5.97 Å². The molecule has 7 N–H and O–H groups in total. The van der Waals surface area contributed by atoms with Crippen LogP contribution in [0, 0.1) is 5.92 Å². The first-order valence-electron chi connectivity index (χ1n) is 20.2. The van der Waals surface area contributed by atoms with Crippen molar-refractivity contribution >= 4 is 64.5 Å². The number of ether oxygens (including phenoxy) is 4. The molecule has 0 spiro atoms. The molecule has 0 aromatic heterocycles. The van der Waals surface area contributed by atoms with Crippen LogP contribution in [0.3, 0.4) is 0 Å². The molecule has 2 fully saturated rings. The molecule has 15 nitrogen and oxygen atoms in total. The number of carbonyl (C=O) groups excluding carboxylic acids is 3. The van der Waals surface area contributed by atoms with Crippen LogP contribution in [0.2, 0.25) is 0 Å². The number of aliphatic hydroxyl groups is 7. The van der Waals surface area contributed by atoms with Gasteiger partial charge in [0.05, 0.1) is 30.3 Å². The predicted octanol–water partition coefficient (Wildman–Crippen LogP) is 4.70. The molecule has 19 heteroatoms. The Morgan fingerprint density at radius 3 is 1.90 bits per heavy atom. The zero-order valence-corrected chi connectivity index (χ0v) is 36.5. The van der Waals surface area contributed by atoms with Crippen LogP contribution in [0.15, 0.2) is 36.4 Å². The maximum absolute atomic E-state index is 13.0. The van der Waals surface area contributed by atoms with E-state index in [9.17, 15) is 50.1 Å². The normalized spacial score (nSPS) is 28.8. The number of nitrogens with zero attached hydrogens (tertiary/aromatic N) is 1. The van der Waals surface area contributed by atoms with Gasteiger partial charge < -0.3 is 54.7 Å². The lowest BCUT2D eigenvalue weighted by Crippen LogP contribution is -2.63. The summed E-state index contributed by atoms with van der Waals surface area (Å²) in [5.41, 5.74) is 0.656. The lowest BCUT2D eigenvalue weighted by molar-refractivity contribution is -0.384. The minimum absolute atomic E-state index is 0.328. The van der Waals surface area contributed by atoms with Crippen LogP contribution in [-0.4, -0.2) is 136 Å². The third-order valence-corrected chi connectivity index (χ3v) is 11.6. The zero-order valence-electron chi connectivity index (χ0n) is 33.5. The SMILES string of the molecule is CCCCCCCC/C=C\CCCCCCC(C)C(=O)O[C@H]1[C@H](O)[C@@H](CO)O[C@@]1(CO)O[C@H]1O[C@H](CO)[C@@H](O)[C@H](O)[C@H]1O.O=C1c2ccccc2C(=O)N1SC(Cl)(Cl)Cl. The van der Waals surface area contributed by atoms with Crippen LogP contribution in [0.4, 0.5) is 0 Å². The van der Waals surface area contributed by atoms with Crippen molar-refractivity contribution in [3.8, 4) is 0 Å². The average Bonchev–Trinajstić information content (AvgIpc) is 3.61. The standard InChI is InChI=1S/C31H56O12.C9H4Cl3NO2S/c1-3-4-5-6-7-8-9-10-11-12-13-14-15-16-17-21(2)29(39)41-28-25(36)23(19-33)42-31(28,20-34)43-30-27(38)26(37)24(35)22(18-32)40-30;10-9(11,12)16-13-7(14)5-3-1-2-4-6(5)8(13)15/h10-11,21-28,30,32-38H,3-9,12-20H2,1-2H3;1-4H/b11-10-;/t21?,22-,23-,24-,25-,26+,27-,28+,30-,31+;/m1./s1. The van der Waals surface area contributed by atoms with Crippen LogP contribution in [0.25, 0.3) is 0 Å². The van der Waals surface area contributed by atoms with E-state index in [0.717, 1.165) is 42.8 Å². The molecule has 3 aliphatic rings. The highest BCUT2D eigenvalue weighted by Crippen LogP contribution is 2.44. The van der Waals surface area contributed by atoms with Crippen molar-refractivity contribution in [2.45, 2.75) is 155 Å². The topological polar surface area (TPSA) is 233 Å². The fourth-order valence-corrected chi connectivity index (χ4v) is 8.02. The van der Waals surface area contributed by atoms with Gasteiger partial charge in [-0.05, 0) is 44.2 Å². The molecule has 3 heterocycles. The Morgan fingerprint density at radius 1 is 0.831 bits per heavy atom. The van der Waals surface area contributed by atoms with Gasteiger partial charge in [-0.25, -0.2) is 4.31 Å². The van der Waals surface area contributed by atoms with Gasteiger partial charge in [-0.3, -0.25) is 14.4 Å². The first-order valence-corrected chi connectivity index (χ1v) is 22.1. The summed E-state index contributed by atoms with van der Waals surface area (Å²) in [7, 11) is 0. The van der Waals surface area contributed by atoms with Gasteiger partial charge in [-0.2, -0.15) is 0 Å². The molecule has 2 saturated heterocycles. The summed E-state index contributed by atoms with van der Waals surface area (Å²) in [6.45, 7) is 1.53. The molecule has 0 radical (unpaired) electrons. The number of aliphatic hydroxyl groups excluding tert-OH is 7. The molecule has 1 aromatic carbocycles. The van der Waals surface area contributed by atoms with Crippen molar-refractivity contribution in [3.63, 3.8) is 0 Å². The second kappa shape index (κ2) is 25.5. The van der Waals surface area contributed by atoms with Crippen LogP contribution in [0.1, 0.15) is 118 Å². The number of carbonyl (C=O) groups is 3. The molecule has 59 heavy (non-hydrogen) atoms. The van der Waals surface area contributed by atoms with Crippen LogP contribution in [-0.2, 0) is 23.7 Å². The molecule has 0 aliphatic carbocycles. The lowest BCUT2D eigenvalue weighted by Gasteiger charge is -2.43. The summed E-state index contributed by atoms with van der Waals surface area (Å²) in [6, 6.07) is 6.48. The monoisotopic (exact) mass is 915 g/mol. The van der Waals surface area contributed by atoms with Crippen LogP contribution < -0.4 is 0 Å². The molecule has 0 saturated carbocycles. The molecule has 1 unspecified atom stereocenters. The summed E-state index contributed by atoms with van der Waals surface area (Å²) in [6.07, 6.45) is 6.11. The van der Waals surface area contributed by atoms with E-state index in [2.05, 4.69) is 19.1 Å². The third kappa shape index (κ3) is 15.0. The Kier molecular flexibility index (Phi) is 22.4. The van der Waals surface area contributed by atoms with E-state index in [4.69, 9.17) is 53.8 Å². The summed E-state index contributed by atoms with van der Waals surface area (Å²) in [5, 5.41) is 70.7. The minimum atomic E-state index is -2.27. The Bertz CT molecular complexity index is 1450. The highest BCUT2D eigenvalue weighted by molar-refractivity contribution is 8.03. The largest absolute Gasteiger partial charge is 0.453 e. The Balaban J connectivity index is 0.000000480. The highest BCUT2D eigenvalue weighted by Gasteiger charge is 2.61. The smallest absolute Gasteiger partial charge is 0.309 e. The number of hydrogen-bond donors (Lipinski definition) is 7. The van der Waals surface area contributed by atoms with E-state index in [1.165, 1.54) is 38.5 Å². The maximum atomic E-state index is 13.0. The molecule has 4 rings (SSSR count). The van der Waals surface area contributed by atoms with Crippen molar-refractivity contribution < 1.29 is 69.1 Å². The molecular weight excluding hydrogens is 857 g/mol. The van der Waals surface area contributed by atoms with Crippen LogP contribution in [0.5, 0.6) is 0 Å². The van der Waals surface area contributed by atoms with E-state index >= 15 is 0 Å². The van der Waals surface area contributed by atoms with E-state index < -0.39 is 101 Å². The fourth-order valence-electron chi connectivity index (χ4n) is 6.83. The first kappa shape index (κ1) is 51.7. The predicted molar refractivity (Wildman–Crippen MR) is 221 cm³/mol. The number of fused-ring (bicyclic) bond motifs is 1. The van der Waals surface area contributed by atoms with Gasteiger partial charge in [0.1, 0.15) is 43.2 Å². The number of esters is 1. The molecule has 336 valence electrons. The van der Waals surface area contributed by atoms with Crippen molar-refractivity contribution in [2.75, 3.05) is 19.8 Å². The van der Waals surface area contributed by atoms with Crippen molar-refractivity contribution in [1.29, 1.82) is 0 Å². The van der Waals surface area contributed by atoms with Gasteiger partial charge in [0, 0.05) is 11.9 Å². The number of alkyl halides is 3.